The van der Waals surface area contributed by atoms with Crippen molar-refractivity contribution in [3.8, 4) is 0 Å². The number of furan rings is 1. The van der Waals surface area contributed by atoms with Crippen LogP contribution in [0, 0.1) is 13.8 Å². The van der Waals surface area contributed by atoms with E-state index in [0.29, 0.717) is 11.1 Å². The molecule has 0 radical (unpaired) electrons. The van der Waals surface area contributed by atoms with Gasteiger partial charge in [-0.1, -0.05) is 12.8 Å². The number of nitrogens with one attached hydrogen (secondary N) is 2. The highest BCUT2D eigenvalue weighted by Crippen LogP contribution is 2.25. The van der Waals surface area contributed by atoms with Gasteiger partial charge in [0, 0.05) is 17.0 Å². The van der Waals surface area contributed by atoms with Crippen molar-refractivity contribution in [3.05, 3.63) is 35.1 Å². The van der Waals surface area contributed by atoms with Crippen molar-refractivity contribution >= 4 is 28.9 Å². The van der Waals surface area contributed by atoms with E-state index in [4.69, 9.17) is 9.15 Å². The summed E-state index contributed by atoms with van der Waals surface area (Å²) in [6.07, 6.45) is 4.45. The van der Waals surface area contributed by atoms with E-state index in [1.807, 2.05) is 26.0 Å². The summed E-state index contributed by atoms with van der Waals surface area (Å²) >= 11 is 0. The fourth-order valence-corrected chi connectivity index (χ4v) is 3.43. The van der Waals surface area contributed by atoms with E-state index in [1.165, 1.54) is 13.2 Å². The lowest BCUT2D eigenvalue weighted by Gasteiger charge is -2.15. The summed E-state index contributed by atoms with van der Waals surface area (Å²) in [5.41, 5.74) is 3.62. The number of ether oxygens (including phenoxy) is 1. The maximum Gasteiger partial charge on any atom is 0.321 e. The Hall–Kier alpha value is -2.83. The molecule has 2 aromatic rings. The maximum atomic E-state index is 12.2. The van der Waals surface area contributed by atoms with E-state index in [-0.39, 0.29) is 12.5 Å². The maximum absolute atomic E-state index is 12.2. The second kappa shape index (κ2) is 8.46. The molecule has 3 amide bonds. The average molecular weight is 386 g/mol. The third kappa shape index (κ3) is 4.71. The van der Waals surface area contributed by atoms with Crippen LogP contribution in [0.25, 0.3) is 11.0 Å². The van der Waals surface area contributed by atoms with Crippen molar-refractivity contribution in [1.82, 2.24) is 10.6 Å². The van der Waals surface area contributed by atoms with Gasteiger partial charge in [-0.05, 0) is 56.9 Å². The van der Waals surface area contributed by atoms with E-state index in [1.54, 1.807) is 0 Å². The number of carbonyl (C=O) groups is 3. The highest BCUT2D eigenvalue weighted by molar-refractivity contribution is 5.97. The smallest absolute Gasteiger partial charge is 0.321 e. The predicted molar refractivity (Wildman–Crippen MR) is 104 cm³/mol. The summed E-state index contributed by atoms with van der Waals surface area (Å²) in [6.45, 7) is 5.43. The van der Waals surface area contributed by atoms with Crippen LogP contribution in [0.1, 0.15) is 49.3 Å². The fraction of sp³-hybridized carbons (Fsp3) is 0.476. The van der Waals surface area contributed by atoms with Gasteiger partial charge in [-0.25, -0.2) is 4.79 Å². The Morgan fingerprint density at radius 2 is 1.86 bits per heavy atom. The van der Waals surface area contributed by atoms with E-state index in [0.717, 1.165) is 42.2 Å². The zero-order valence-corrected chi connectivity index (χ0v) is 16.5. The molecule has 7 heteroatoms. The Kier molecular flexibility index (Phi) is 6.02. The van der Waals surface area contributed by atoms with Gasteiger partial charge in [-0.15, -0.1) is 0 Å². The van der Waals surface area contributed by atoms with Crippen LogP contribution in [0.4, 0.5) is 4.79 Å². The van der Waals surface area contributed by atoms with E-state index >= 15 is 0 Å². The van der Waals surface area contributed by atoms with Gasteiger partial charge in [0.15, 0.2) is 6.10 Å². The molecule has 1 aliphatic rings. The molecule has 7 nitrogen and oxygen atoms in total. The quantitative estimate of drug-likeness (QED) is 0.769. The molecule has 0 unspecified atom stereocenters. The lowest BCUT2D eigenvalue weighted by Crippen LogP contribution is -2.47. The van der Waals surface area contributed by atoms with Crippen molar-refractivity contribution in [2.75, 3.05) is 0 Å². The van der Waals surface area contributed by atoms with Crippen LogP contribution in [0.2, 0.25) is 0 Å². The molecule has 1 saturated carbocycles. The molecule has 28 heavy (non-hydrogen) atoms. The summed E-state index contributed by atoms with van der Waals surface area (Å²) < 4.78 is 10.7. The van der Waals surface area contributed by atoms with Crippen LogP contribution in [0.3, 0.4) is 0 Å². The number of benzene rings is 1. The van der Waals surface area contributed by atoms with Crippen molar-refractivity contribution in [2.24, 2.45) is 0 Å². The van der Waals surface area contributed by atoms with Crippen LogP contribution in [0.5, 0.6) is 0 Å². The number of fused-ring (bicyclic) bond motifs is 1. The zero-order chi connectivity index (χ0) is 20.3. The highest BCUT2D eigenvalue weighted by atomic mass is 16.5. The Labute approximate surface area is 163 Å². The number of amides is 3. The number of esters is 1. The first-order valence-corrected chi connectivity index (χ1v) is 9.61. The van der Waals surface area contributed by atoms with Gasteiger partial charge >= 0.3 is 12.0 Å². The lowest BCUT2D eigenvalue weighted by molar-refractivity contribution is -0.153. The first-order chi connectivity index (χ1) is 13.3. The van der Waals surface area contributed by atoms with Gasteiger partial charge in [0.2, 0.25) is 0 Å². The number of imide groups is 1. The van der Waals surface area contributed by atoms with Crippen LogP contribution in [-0.2, 0) is 20.7 Å². The van der Waals surface area contributed by atoms with Gasteiger partial charge < -0.3 is 14.5 Å². The minimum absolute atomic E-state index is 0.0125. The minimum atomic E-state index is -1.07. The van der Waals surface area contributed by atoms with E-state index in [2.05, 4.69) is 10.6 Å². The number of hydrogen-bond donors (Lipinski definition) is 2. The summed E-state index contributed by atoms with van der Waals surface area (Å²) in [5.74, 6) is -1.20. The summed E-state index contributed by atoms with van der Waals surface area (Å²) in [4.78, 5) is 36.2. The van der Waals surface area contributed by atoms with Crippen LogP contribution in [0.15, 0.2) is 22.8 Å². The molecule has 0 spiro atoms. The Balaban J connectivity index is 1.53. The fourth-order valence-electron chi connectivity index (χ4n) is 3.43. The zero-order valence-electron chi connectivity index (χ0n) is 16.5. The molecule has 0 bridgehead atoms. The average Bonchev–Trinajstić information content (AvgIpc) is 3.26. The van der Waals surface area contributed by atoms with Gasteiger partial charge in [0.1, 0.15) is 5.58 Å². The molecule has 0 aliphatic heterocycles. The first kappa shape index (κ1) is 19.9. The predicted octanol–water partition coefficient (Wildman–Crippen LogP) is 3.29. The summed E-state index contributed by atoms with van der Waals surface area (Å²) in [5, 5.41) is 5.84. The second-order valence-electron chi connectivity index (χ2n) is 7.45. The van der Waals surface area contributed by atoms with Crippen LogP contribution < -0.4 is 10.6 Å². The number of urea groups is 1. The second-order valence-corrected chi connectivity index (χ2v) is 7.45. The van der Waals surface area contributed by atoms with Gasteiger partial charge in [-0.2, -0.15) is 0 Å². The monoisotopic (exact) mass is 386 g/mol. The number of rotatable bonds is 5. The molecule has 150 valence electrons. The van der Waals surface area contributed by atoms with E-state index < -0.39 is 24.0 Å². The van der Waals surface area contributed by atoms with Crippen molar-refractivity contribution in [1.29, 1.82) is 0 Å². The number of aryl methyl sites for hydroxylation is 2. The Bertz CT molecular complexity index is 896. The molecule has 0 saturated heterocycles. The van der Waals surface area contributed by atoms with E-state index in [9.17, 15) is 14.4 Å². The molecule has 1 heterocycles. The third-order valence-electron chi connectivity index (χ3n) is 5.21. The van der Waals surface area contributed by atoms with Gasteiger partial charge in [-0.3, -0.25) is 14.9 Å². The molecule has 1 fully saturated rings. The van der Waals surface area contributed by atoms with Crippen molar-refractivity contribution in [3.63, 3.8) is 0 Å². The third-order valence-corrected chi connectivity index (χ3v) is 5.21. The number of hydrogen-bond acceptors (Lipinski definition) is 5. The highest BCUT2D eigenvalue weighted by Gasteiger charge is 2.23. The molecule has 3 rings (SSSR count). The van der Waals surface area contributed by atoms with Crippen molar-refractivity contribution in [2.45, 2.75) is 65.0 Å². The summed E-state index contributed by atoms with van der Waals surface area (Å²) in [7, 11) is 0. The molecule has 1 aromatic heterocycles. The molecule has 2 N–H and O–H groups in total. The van der Waals surface area contributed by atoms with Crippen LogP contribution in [-0.4, -0.2) is 30.1 Å². The largest absolute Gasteiger partial charge is 0.464 e. The topological polar surface area (TPSA) is 97.6 Å². The normalized spacial score (nSPS) is 15.4. The SMILES string of the molecule is Cc1cc2occ(CC(=O)O[C@@H](C)C(=O)NC(=O)NC3CCCC3)c2cc1C. The lowest BCUT2D eigenvalue weighted by atomic mass is 10.0. The standard InChI is InChI=1S/C21H26N2O5/c1-12-8-17-15(11-27-18(17)9-13(12)2)10-19(24)28-14(3)20(25)23-21(26)22-16-6-4-5-7-16/h8-9,11,14,16H,4-7,10H2,1-3H3,(H2,22,23,25,26)/t14-/m0/s1. The Morgan fingerprint density at radius 3 is 2.57 bits per heavy atom. The van der Waals surface area contributed by atoms with Gasteiger partial charge in [0.05, 0.1) is 12.7 Å². The molecule has 1 aliphatic carbocycles. The molecule has 1 aromatic carbocycles. The Morgan fingerprint density at radius 1 is 1.18 bits per heavy atom. The first-order valence-electron chi connectivity index (χ1n) is 9.61. The van der Waals surface area contributed by atoms with Crippen LogP contribution >= 0.6 is 0 Å². The molecular weight excluding hydrogens is 360 g/mol. The van der Waals surface area contributed by atoms with Crippen molar-refractivity contribution < 1.29 is 23.5 Å². The molecule has 1 atom stereocenters. The minimum Gasteiger partial charge on any atom is -0.464 e. The summed E-state index contributed by atoms with van der Waals surface area (Å²) in [6, 6.07) is 3.46. The molecular formula is C21H26N2O5. The number of carbonyl (C=O) groups excluding carboxylic acids is 3. The van der Waals surface area contributed by atoms with Gasteiger partial charge in [0.25, 0.3) is 5.91 Å².